The molecule has 5 atom stereocenters. The van der Waals surface area contributed by atoms with Crippen LogP contribution in [-0.4, -0.2) is 63.9 Å². The van der Waals surface area contributed by atoms with Crippen LogP contribution in [-0.2, 0) is 30.8 Å². The molecule has 1 aromatic heterocycles. The van der Waals surface area contributed by atoms with Crippen molar-refractivity contribution in [2.24, 2.45) is 17.3 Å². The highest BCUT2D eigenvalue weighted by Gasteiger charge is 2.63. The van der Waals surface area contributed by atoms with E-state index in [1.807, 2.05) is 55.7 Å². The van der Waals surface area contributed by atoms with Crippen LogP contribution in [0.1, 0.15) is 115 Å². The number of amides is 2. The lowest BCUT2D eigenvalue weighted by molar-refractivity contribution is -0.142. The van der Waals surface area contributed by atoms with Crippen molar-refractivity contribution in [2.45, 2.75) is 134 Å². The third kappa shape index (κ3) is 7.62. The summed E-state index contributed by atoms with van der Waals surface area (Å²) in [5, 5.41) is 0. The lowest BCUT2D eigenvalue weighted by Crippen LogP contribution is -2.47. The van der Waals surface area contributed by atoms with Crippen molar-refractivity contribution in [3.63, 3.8) is 0 Å². The van der Waals surface area contributed by atoms with Gasteiger partial charge in [-0.15, -0.1) is 0 Å². The molecule has 1 N–H and O–H groups in total. The predicted molar refractivity (Wildman–Crippen MR) is 200 cm³/mol. The van der Waals surface area contributed by atoms with Crippen molar-refractivity contribution in [1.82, 2.24) is 19.2 Å². The quantitative estimate of drug-likeness (QED) is 0.263. The second-order valence-electron chi connectivity index (χ2n) is 16.8. The van der Waals surface area contributed by atoms with Gasteiger partial charge in [0.25, 0.3) is 6.01 Å². The summed E-state index contributed by atoms with van der Waals surface area (Å²) in [5.74, 6) is -1.97. The predicted octanol–water partition coefficient (Wildman–Crippen LogP) is 6.98. The zero-order valence-corrected chi connectivity index (χ0v) is 32.2. The van der Waals surface area contributed by atoms with Crippen LogP contribution in [0.3, 0.4) is 0 Å². The summed E-state index contributed by atoms with van der Waals surface area (Å²) in [6, 6.07) is 12.2. The number of hydrogen-bond acceptors (Lipinski definition) is 7. The Morgan fingerprint density at radius 2 is 1.77 bits per heavy atom. The molecule has 4 aliphatic rings. The lowest BCUT2D eigenvalue weighted by atomic mass is 9.89. The summed E-state index contributed by atoms with van der Waals surface area (Å²) < 4.78 is 51.0. The molecule has 3 aromatic rings. The molecule has 53 heavy (non-hydrogen) atoms. The van der Waals surface area contributed by atoms with Gasteiger partial charge in [-0.1, -0.05) is 50.3 Å². The number of Topliss-reactive ketones (excluding diaryl/α,β-unsaturated/α-hetero) is 1. The summed E-state index contributed by atoms with van der Waals surface area (Å²) in [7, 11) is -3.90. The third-order valence-electron chi connectivity index (χ3n) is 12.3. The fraction of sp³-hybridized carbons (Fsp3) is 0.610. The molecule has 2 aromatic carbocycles. The first-order valence-electron chi connectivity index (χ1n) is 19.5. The molecule has 12 heteroatoms. The van der Waals surface area contributed by atoms with Gasteiger partial charge in [-0.25, -0.2) is 12.8 Å². The van der Waals surface area contributed by atoms with Gasteiger partial charge in [0.1, 0.15) is 11.9 Å². The van der Waals surface area contributed by atoms with E-state index in [0.717, 1.165) is 60.7 Å². The number of para-hydroxylation sites is 2. The van der Waals surface area contributed by atoms with E-state index in [9.17, 15) is 27.2 Å². The van der Waals surface area contributed by atoms with Crippen LogP contribution in [0, 0.1) is 30.0 Å². The zero-order valence-electron chi connectivity index (χ0n) is 31.4. The van der Waals surface area contributed by atoms with Gasteiger partial charge in [-0.3, -0.25) is 23.7 Å². The molecular formula is C41H53FN4O6S. The van der Waals surface area contributed by atoms with Gasteiger partial charge in [0, 0.05) is 24.8 Å². The van der Waals surface area contributed by atoms with Gasteiger partial charge in [0.2, 0.25) is 21.8 Å². The smallest absolute Gasteiger partial charge is 0.297 e. The first-order valence-corrected chi connectivity index (χ1v) is 21.0. The van der Waals surface area contributed by atoms with Crippen LogP contribution in [0.25, 0.3) is 11.0 Å². The Labute approximate surface area is 312 Å². The number of ether oxygens (including phenoxy) is 1. The molecule has 7 rings (SSSR count). The number of sulfonamides is 1. The Morgan fingerprint density at radius 3 is 2.49 bits per heavy atom. The van der Waals surface area contributed by atoms with Crippen LogP contribution < -0.4 is 9.46 Å². The normalized spacial score (nSPS) is 27.8. The van der Waals surface area contributed by atoms with Gasteiger partial charge in [0.15, 0.2) is 5.78 Å². The SMILES string of the molecule is Cc1cc(F)cc(C[C@H]2CCCCCCC[C@H]3C[C@@]3(C(=O)NS(=O)(=O)C3(C)CC3)CC(=O)[C@@H]3C[C@@H](Oc4nc5ccccc5n4C(C)C)CN3C2=O)c1. The molecule has 0 bridgehead atoms. The van der Waals surface area contributed by atoms with E-state index < -0.39 is 44.2 Å². The second-order valence-corrected chi connectivity index (χ2v) is 19.0. The zero-order chi connectivity index (χ0) is 37.7. The molecule has 2 saturated heterocycles. The third-order valence-corrected chi connectivity index (χ3v) is 14.5. The first-order chi connectivity index (χ1) is 25.2. The number of aromatic nitrogens is 2. The Kier molecular flexibility index (Phi) is 10.2. The van der Waals surface area contributed by atoms with Crippen LogP contribution in [0.4, 0.5) is 4.39 Å². The molecule has 4 fully saturated rings. The number of ketones is 1. The number of carbonyl (C=O) groups excluding carboxylic acids is 3. The summed E-state index contributed by atoms with van der Waals surface area (Å²) >= 11 is 0. The number of carbonyl (C=O) groups is 3. The number of fused-ring (bicyclic) bond motifs is 3. The fourth-order valence-corrected chi connectivity index (χ4v) is 10.1. The Bertz CT molecular complexity index is 1990. The monoisotopic (exact) mass is 748 g/mol. The molecule has 2 aliphatic carbocycles. The highest BCUT2D eigenvalue weighted by atomic mass is 32.2. The molecule has 0 radical (unpaired) electrons. The summed E-state index contributed by atoms with van der Waals surface area (Å²) in [5.41, 5.74) is 2.09. The minimum Gasteiger partial charge on any atom is -0.459 e. The van der Waals surface area contributed by atoms with Crippen molar-refractivity contribution < 1.29 is 31.9 Å². The van der Waals surface area contributed by atoms with Crippen LogP contribution >= 0.6 is 0 Å². The molecule has 3 heterocycles. The number of halogens is 1. The number of hydrogen-bond donors (Lipinski definition) is 1. The van der Waals surface area contributed by atoms with Gasteiger partial charge in [-0.2, -0.15) is 4.98 Å². The van der Waals surface area contributed by atoms with E-state index in [0.29, 0.717) is 38.1 Å². The van der Waals surface area contributed by atoms with E-state index >= 15 is 0 Å². The molecule has 10 nitrogen and oxygen atoms in total. The van der Waals surface area contributed by atoms with E-state index in [-0.39, 0.29) is 48.9 Å². The van der Waals surface area contributed by atoms with Gasteiger partial charge < -0.3 is 9.64 Å². The summed E-state index contributed by atoms with van der Waals surface area (Å²) in [4.78, 5) is 49.8. The average Bonchev–Trinajstić information content (AvgIpc) is 3.91. The topological polar surface area (TPSA) is 128 Å². The average molecular weight is 749 g/mol. The number of nitrogens with one attached hydrogen (secondary N) is 1. The van der Waals surface area contributed by atoms with E-state index in [2.05, 4.69) is 4.72 Å². The summed E-state index contributed by atoms with van der Waals surface area (Å²) in [6.45, 7) is 7.73. The van der Waals surface area contributed by atoms with Gasteiger partial charge >= 0.3 is 0 Å². The number of imidazole rings is 1. The maximum Gasteiger partial charge on any atom is 0.297 e. The van der Waals surface area contributed by atoms with E-state index in [1.165, 1.54) is 12.1 Å². The molecule has 0 unspecified atom stereocenters. The molecular weight excluding hydrogens is 696 g/mol. The largest absolute Gasteiger partial charge is 0.459 e. The Morgan fingerprint density at radius 1 is 1.06 bits per heavy atom. The number of aryl methyl sites for hydroxylation is 1. The van der Waals surface area contributed by atoms with Crippen molar-refractivity contribution >= 4 is 38.7 Å². The van der Waals surface area contributed by atoms with Crippen molar-refractivity contribution in [3.05, 3.63) is 59.4 Å². The highest BCUT2D eigenvalue weighted by molar-refractivity contribution is 7.91. The molecule has 0 spiro atoms. The minimum atomic E-state index is -3.90. The Hall–Kier alpha value is -3.80. The first kappa shape index (κ1) is 37.5. The molecule has 286 valence electrons. The number of nitrogens with zero attached hydrogens (tertiary/aromatic N) is 3. The Balaban J connectivity index is 1.21. The molecule has 2 saturated carbocycles. The van der Waals surface area contributed by atoms with E-state index in [4.69, 9.17) is 9.72 Å². The van der Waals surface area contributed by atoms with Crippen LogP contribution in [0.2, 0.25) is 0 Å². The second kappa shape index (κ2) is 14.5. The highest BCUT2D eigenvalue weighted by Crippen LogP contribution is 2.59. The van der Waals surface area contributed by atoms with Crippen molar-refractivity contribution in [3.8, 4) is 6.01 Å². The lowest BCUT2D eigenvalue weighted by Gasteiger charge is -2.29. The minimum absolute atomic E-state index is 0.0333. The fourth-order valence-electron chi connectivity index (χ4n) is 8.81. The van der Waals surface area contributed by atoms with E-state index in [1.54, 1.807) is 11.8 Å². The van der Waals surface area contributed by atoms with Gasteiger partial charge in [-0.05, 0) is 108 Å². The van der Waals surface area contributed by atoms with Crippen molar-refractivity contribution in [2.75, 3.05) is 6.54 Å². The maximum atomic E-state index is 14.8. The number of rotatable bonds is 8. The molecule has 2 aliphatic heterocycles. The number of benzene rings is 2. The van der Waals surface area contributed by atoms with Crippen LogP contribution in [0.15, 0.2) is 42.5 Å². The van der Waals surface area contributed by atoms with Crippen molar-refractivity contribution in [1.29, 1.82) is 0 Å². The maximum absolute atomic E-state index is 14.8. The summed E-state index contributed by atoms with van der Waals surface area (Å²) in [6.07, 6.45) is 7.19. The van der Waals surface area contributed by atoms with Gasteiger partial charge in [0.05, 0.1) is 33.8 Å². The van der Waals surface area contributed by atoms with Crippen LogP contribution in [0.5, 0.6) is 6.01 Å². The standard InChI is InChI=1S/C41H53FN4O6S/c1-26(2)46-34-15-11-10-14-33(34)43-39(46)52-32-22-35-36(47)24-41(38(49)44-53(50,51)40(4)16-17-40)23-30(41)13-9-7-5-6-8-12-29(37(48)45(35)25-32)20-28-18-27(3)19-31(42)21-28/h10-11,14-15,18-19,21,26,29-30,32,35H,5-9,12-13,16-17,20,22-25H2,1-4H3,(H,44,49)/t29-,30+,32-,35+,41-/m1/s1. The molecule has 2 amide bonds.